The van der Waals surface area contributed by atoms with Gasteiger partial charge in [0, 0.05) is 36.2 Å². The van der Waals surface area contributed by atoms with Gasteiger partial charge in [0.25, 0.3) is 0 Å². The topological polar surface area (TPSA) is 72.8 Å². The van der Waals surface area contributed by atoms with E-state index in [1.165, 1.54) is 17.3 Å². The number of benzene rings is 1. The highest BCUT2D eigenvalue weighted by Crippen LogP contribution is 2.22. The zero-order valence-electron chi connectivity index (χ0n) is 16.8. The average Bonchev–Trinajstić information content (AvgIpc) is 3.29. The number of ketones is 1. The summed E-state index contributed by atoms with van der Waals surface area (Å²) in [6.07, 6.45) is 1.01. The van der Waals surface area contributed by atoms with E-state index in [4.69, 9.17) is 4.74 Å². The van der Waals surface area contributed by atoms with E-state index in [0.29, 0.717) is 17.5 Å². The van der Waals surface area contributed by atoms with Crippen LogP contribution in [0.2, 0.25) is 0 Å². The van der Waals surface area contributed by atoms with Crippen LogP contribution in [0.5, 0.6) is 0 Å². The maximum atomic E-state index is 12.7. The fourth-order valence-corrected chi connectivity index (χ4v) is 3.84. The summed E-state index contributed by atoms with van der Waals surface area (Å²) >= 11 is 1.35. The van der Waals surface area contributed by atoms with Gasteiger partial charge in [0.2, 0.25) is 5.16 Å². The molecule has 2 aromatic heterocycles. The van der Waals surface area contributed by atoms with Gasteiger partial charge in [-0.3, -0.25) is 9.89 Å². The summed E-state index contributed by atoms with van der Waals surface area (Å²) in [5.41, 5.74) is 5.08. The van der Waals surface area contributed by atoms with Crippen LogP contribution in [0.25, 0.3) is 11.4 Å². The molecule has 0 fully saturated rings. The number of aromatic amines is 1. The fourth-order valence-electron chi connectivity index (χ4n) is 3.16. The standard InChI is InChI=1S/C21H26N4O2S/c1-5-16-6-8-17(9-7-16)20-22-21(24-23-20)28-13-19(26)18-12-14(2)25(15(18)3)10-11-27-4/h6-9,12H,5,10-11,13H2,1-4H3,(H,22,23,24). The Morgan fingerprint density at radius 2 is 2.00 bits per heavy atom. The van der Waals surface area contributed by atoms with E-state index >= 15 is 0 Å². The molecule has 0 amide bonds. The molecular formula is C21H26N4O2S. The van der Waals surface area contributed by atoms with Gasteiger partial charge in [0.05, 0.1) is 12.4 Å². The molecule has 0 unspecified atom stereocenters. The summed E-state index contributed by atoms with van der Waals surface area (Å²) in [7, 11) is 1.68. The Morgan fingerprint density at radius 1 is 1.25 bits per heavy atom. The van der Waals surface area contributed by atoms with E-state index in [-0.39, 0.29) is 5.78 Å². The molecule has 0 saturated heterocycles. The summed E-state index contributed by atoms with van der Waals surface area (Å²) in [6, 6.07) is 10.2. The zero-order valence-corrected chi connectivity index (χ0v) is 17.6. The van der Waals surface area contributed by atoms with Crippen LogP contribution in [0.3, 0.4) is 0 Å². The van der Waals surface area contributed by atoms with E-state index in [9.17, 15) is 4.79 Å². The van der Waals surface area contributed by atoms with Gasteiger partial charge < -0.3 is 9.30 Å². The number of hydrogen-bond acceptors (Lipinski definition) is 5. The largest absolute Gasteiger partial charge is 0.383 e. The number of methoxy groups -OCH3 is 1. The van der Waals surface area contributed by atoms with Gasteiger partial charge >= 0.3 is 0 Å². The third-order valence-corrected chi connectivity index (χ3v) is 5.67. The van der Waals surface area contributed by atoms with E-state index in [0.717, 1.165) is 41.3 Å². The lowest BCUT2D eigenvalue weighted by Gasteiger charge is -2.08. The summed E-state index contributed by atoms with van der Waals surface area (Å²) in [6.45, 7) is 7.49. The van der Waals surface area contributed by atoms with Crippen molar-refractivity contribution in [1.29, 1.82) is 0 Å². The summed E-state index contributed by atoms with van der Waals surface area (Å²) in [5.74, 6) is 1.11. The maximum absolute atomic E-state index is 12.7. The van der Waals surface area contributed by atoms with Gasteiger partial charge in [-0.25, -0.2) is 4.98 Å². The molecule has 28 heavy (non-hydrogen) atoms. The number of H-pyrrole nitrogens is 1. The van der Waals surface area contributed by atoms with Crippen LogP contribution in [-0.2, 0) is 17.7 Å². The monoisotopic (exact) mass is 398 g/mol. The van der Waals surface area contributed by atoms with E-state index in [1.54, 1.807) is 7.11 Å². The molecule has 1 N–H and O–H groups in total. The van der Waals surface area contributed by atoms with E-state index in [2.05, 4.69) is 38.8 Å². The molecule has 0 spiro atoms. The molecule has 148 valence electrons. The number of hydrogen-bond donors (Lipinski definition) is 1. The number of ether oxygens (including phenoxy) is 1. The van der Waals surface area contributed by atoms with Gasteiger partial charge in [-0.15, -0.1) is 5.10 Å². The molecule has 0 atom stereocenters. The molecule has 3 aromatic rings. The van der Waals surface area contributed by atoms with Crippen molar-refractivity contribution in [3.8, 4) is 11.4 Å². The molecule has 3 rings (SSSR count). The van der Waals surface area contributed by atoms with E-state index < -0.39 is 0 Å². The smallest absolute Gasteiger partial charge is 0.209 e. The van der Waals surface area contributed by atoms with Gasteiger partial charge in [-0.2, -0.15) is 0 Å². The average molecular weight is 399 g/mol. The van der Waals surface area contributed by atoms with Crippen LogP contribution in [0.1, 0.15) is 34.2 Å². The number of carbonyl (C=O) groups is 1. The Hall–Kier alpha value is -2.38. The van der Waals surface area contributed by atoms with Crippen molar-refractivity contribution in [3.05, 3.63) is 52.8 Å². The summed E-state index contributed by atoms with van der Waals surface area (Å²) in [5, 5.41) is 7.78. The molecule has 1 aromatic carbocycles. The minimum Gasteiger partial charge on any atom is -0.383 e. The van der Waals surface area contributed by atoms with Crippen molar-refractivity contribution in [2.24, 2.45) is 0 Å². The van der Waals surface area contributed by atoms with Crippen LogP contribution in [0.15, 0.2) is 35.5 Å². The fraction of sp³-hybridized carbons (Fsp3) is 0.381. The predicted molar refractivity (Wildman–Crippen MR) is 112 cm³/mol. The Bertz CT molecular complexity index is 944. The SMILES string of the molecule is CCc1ccc(-c2nc(SCC(=O)c3cc(C)n(CCOC)c3C)n[nH]2)cc1. The van der Waals surface area contributed by atoms with Crippen molar-refractivity contribution < 1.29 is 9.53 Å². The molecule has 0 aliphatic heterocycles. The highest BCUT2D eigenvalue weighted by atomic mass is 32.2. The van der Waals surface area contributed by atoms with Crippen molar-refractivity contribution in [2.75, 3.05) is 19.5 Å². The van der Waals surface area contributed by atoms with Crippen molar-refractivity contribution in [2.45, 2.75) is 38.9 Å². The number of rotatable bonds is 9. The Balaban J connectivity index is 1.64. The van der Waals surface area contributed by atoms with Crippen molar-refractivity contribution in [3.63, 3.8) is 0 Å². The molecule has 0 aliphatic carbocycles. The molecule has 0 saturated carbocycles. The number of nitrogens with zero attached hydrogens (tertiary/aromatic N) is 3. The van der Waals surface area contributed by atoms with Crippen LogP contribution in [0, 0.1) is 13.8 Å². The van der Waals surface area contributed by atoms with Crippen LogP contribution in [-0.4, -0.2) is 45.0 Å². The minimum absolute atomic E-state index is 0.0837. The lowest BCUT2D eigenvalue weighted by atomic mass is 10.1. The number of nitrogens with one attached hydrogen (secondary N) is 1. The van der Waals surface area contributed by atoms with E-state index in [1.807, 2.05) is 32.0 Å². The first-order chi connectivity index (χ1) is 13.5. The Morgan fingerprint density at radius 3 is 2.68 bits per heavy atom. The molecular weight excluding hydrogens is 372 g/mol. The van der Waals surface area contributed by atoms with Gasteiger partial charge in [-0.1, -0.05) is 43.0 Å². The number of Topliss-reactive ketones (excluding diaryl/α,β-unsaturated/α-hetero) is 1. The van der Waals surface area contributed by atoms with Gasteiger partial charge in [0.15, 0.2) is 11.6 Å². The number of aromatic nitrogens is 4. The first-order valence-electron chi connectivity index (χ1n) is 9.36. The normalized spacial score (nSPS) is 11.1. The second-order valence-electron chi connectivity index (χ2n) is 6.66. The van der Waals surface area contributed by atoms with Gasteiger partial charge in [-0.05, 0) is 31.9 Å². The number of aryl methyl sites for hydroxylation is 2. The van der Waals surface area contributed by atoms with Crippen molar-refractivity contribution >= 4 is 17.5 Å². The highest BCUT2D eigenvalue weighted by molar-refractivity contribution is 7.99. The first kappa shape index (κ1) is 20.4. The summed E-state index contributed by atoms with van der Waals surface area (Å²) < 4.78 is 7.27. The van der Waals surface area contributed by atoms with Crippen LogP contribution >= 0.6 is 11.8 Å². The molecule has 0 aliphatic rings. The first-order valence-corrected chi connectivity index (χ1v) is 10.4. The molecule has 6 nitrogen and oxygen atoms in total. The second-order valence-corrected chi connectivity index (χ2v) is 7.60. The minimum atomic E-state index is 0.0837. The van der Waals surface area contributed by atoms with Crippen LogP contribution < -0.4 is 0 Å². The third-order valence-electron chi connectivity index (χ3n) is 4.83. The Kier molecular flexibility index (Phi) is 6.70. The third kappa shape index (κ3) is 4.54. The van der Waals surface area contributed by atoms with Gasteiger partial charge in [0.1, 0.15) is 0 Å². The molecule has 7 heteroatoms. The zero-order chi connectivity index (χ0) is 20.1. The number of thioether (sulfide) groups is 1. The van der Waals surface area contributed by atoms with Crippen molar-refractivity contribution in [1.82, 2.24) is 19.7 Å². The quantitative estimate of drug-likeness (QED) is 0.434. The lowest BCUT2D eigenvalue weighted by molar-refractivity contribution is 0.102. The predicted octanol–water partition coefficient (Wildman–Crippen LogP) is 4.07. The second kappa shape index (κ2) is 9.21. The molecule has 0 radical (unpaired) electrons. The molecule has 2 heterocycles. The molecule has 0 bridgehead atoms. The number of carbonyl (C=O) groups excluding carboxylic acids is 1. The summed E-state index contributed by atoms with van der Waals surface area (Å²) in [4.78, 5) is 17.2. The maximum Gasteiger partial charge on any atom is 0.209 e. The lowest BCUT2D eigenvalue weighted by Crippen LogP contribution is -2.09. The highest BCUT2D eigenvalue weighted by Gasteiger charge is 2.17. The van der Waals surface area contributed by atoms with Crippen LogP contribution in [0.4, 0.5) is 0 Å². The Labute approximate surface area is 169 Å².